The Bertz CT molecular complexity index is 924. The molecule has 0 heterocycles. The Morgan fingerprint density at radius 1 is 1.07 bits per heavy atom. The van der Waals surface area contributed by atoms with Gasteiger partial charge in [0.25, 0.3) is 0 Å². The Labute approximate surface area is 180 Å². The highest BCUT2D eigenvalue weighted by atomic mass is 127. The molecule has 0 fully saturated rings. The number of benzene rings is 1. The third kappa shape index (κ3) is 10.3. The van der Waals surface area contributed by atoms with Crippen LogP contribution in [0.15, 0.2) is 34.1 Å². The molecule has 0 unspecified atom stereocenters. The maximum atomic E-state index is 12.4. The van der Waals surface area contributed by atoms with Crippen LogP contribution in [0.25, 0.3) is 0 Å². The fourth-order valence-electron chi connectivity index (χ4n) is 1.45. The summed E-state index contributed by atoms with van der Waals surface area (Å²) in [4.78, 5) is 0. The highest BCUT2D eigenvalue weighted by Gasteiger charge is 2.49. The molecular formula is C15H17F6IO6S2. The van der Waals surface area contributed by atoms with Crippen molar-refractivity contribution >= 4 is 20.2 Å². The largest absolute Gasteiger partial charge is 0.741 e. The molecule has 15 heteroatoms. The molecule has 0 saturated carbocycles. The summed E-state index contributed by atoms with van der Waals surface area (Å²) in [6.07, 6.45) is 1.48. The SMILES string of the molecule is CCCC/C(=C\[I+]c1ccccc1C)OS(=O)(=O)C(F)(F)F.O=S(=O)([O-])C(F)(F)F. The van der Waals surface area contributed by atoms with Gasteiger partial charge in [0.2, 0.25) is 0 Å². The lowest BCUT2D eigenvalue weighted by molar-refractivity contribution is -0.559. The highest BCUT2D eigenvalue weighted by Crippen LogP contribution is 2.27. The second kappa shape index (κ2) is 11.5. The van der Waals surface area contributed by atoms with Crippen LogP contribution in [0.2, 0.25) is 0 Å². The topological polar surface area (TPSA) is 101 Å². The van der Waals surface area contributed by atoms with Crippen LogP contribution >= 0.6 is 0 Å². The number of unbranched alkanes of at least 4 members (excludes halogenated alkanes) is 1. The van der Waals surface area contributed by atoms with Gasteiger partial charge in [-0.3, -0.25) is 0 Å². The Morgan fingerprint density at radius 3 is 1.97 bits per heavy atom. The second-order valence-corrected chi connectivity index (χ2v) is 10.7. The van der Waals surface area contributed by atoms with Crippen LogP contribution in [0.3, 0.4) is 0 Å². The standard InChI is InChI=1S/C14H17F3IO3S.CHF3O3S/c1-3-4-8-12(21-22(19,20)14(15,16)17)10-18-13-9-6-5-7-11(13)2;2-1(3,4)8(5,6)7/h5-7,9-10H,3-4,8H2,1-2H3;(H,5,6,7)/q+1;/p-1/b12-10+;. The molecule has 0 bridgehead atoms. The Morgan fingerprint density at radius 2 is 1.57 bits per heavy atom. The van der Waals surface area contributed by atoms with E-state index in [9.17, 15) is 34.8 Å². The van der Waals surface area contributed by atoms with Crippen LogP contribution in [0.5, 0.6) is 0 Å². The Hall–Kier alpha value is -1.07. The first-order valence-corrected chi connectivity index (χ1v) is 13.0. The molecule has 0 saturated heterocycles. The van der Waals surface area contributed by atoms with Crippen molar-refractivity contribution in [1.29, 1.82) is 0 Å². The molecule has 0 atom stereocenters. The van der Waals surface area contributed by atoms with Crippen LogP contribution in [0.4, 0.5) is 26.3 Å². The van der Waals surface area contributed by atoms with Crippen LogP contribution < -0.4 is 21.2 Å². The minimum absolute atomic E-state index is 0.116. The molecule has 30 heavy (non-hydrogen) atoms. The van der Waals surface area contributed by atoms with E-state index in [0.717, 1.165) is 15.6 Å². The summed E-state index contributed by atoms with van der Waals surface area (Å²) in [5, 5.41) is 0. The summed E-state index contributed by atoms with van der Waals surface area (Å²) in [5.74, 6) is -0.116. The van der Waals surface area contributed by atoms with Crippen molar-refractivity contribution in [3.05, 3.63) is 43.2 Å². The van der Waals surface area contributed by atoms with Gasteiger partial charge in [-0.25, -0.2) is 8.42 Å². The summed E-state index contributed by atoms with van der Waals surface area (Å²) in [7, 11) is -11.7. The molecule has 0 amide bonds. The molecule has 0 aliphatic carbocycles. The van der Waals surface area contributed by atoms with Gasteiger partial charge in [0.1, 0.15) is 0 Å². The van der Waals surface area contributed by atoms with Gasteiger partial charge < -0.3 is 8.74 Å². The quantitative estimate of drug-likeness (QED) is 0.117. The van der Waals surface area contributed by atoms with E-state index < -0.39 is 52.5 Å². The van der Waals surface area contributed by atoms with Crippen LogP contribution in [0.1, 0.15) is 31.7 Å². The van der Waals surface area contributed by atoms with E-state index in [2.05, 4.69) is 4.18 Å². The molecule has 6 nitrogen and oxygen atoms in total. The van der Waals surface area contributed by atoms with E-state index in [-0.39, 0.29) is 12.2 Å². The summed E-state index contributed by atoms with van der Waals surface area (Å²) in [5.41, 5.74) is -10.0. The first-order valence-electron chi connectivity index (χ1n) is 7.83. The van der Waals surface area contributed by atoms with E-state index in [4.69, 9.17) is 13.0 Å². The number of halogens is 7. The van der Waals surface area contributed by atoms with E-state index in [1.807, 2.05) is 38.1 Å². The van der Waals surface area contributed by atoms with E-state index in [1.54, 1.807) is 0 Å². The molecule has 1 aromatic carbocycles. The van der Waals surface area contributed by atoms with E-state index in [0.29, 0.717) is 6.42 Å². The van der Waals surface area contributed by atoms with Crippen molar-refractivity contribution in [3.8, 4) is 0 Å². The Balaban J connectivity index is 0.000000890. The Kier molecular flexibility index (Phi) is 11.1. The lowest BCUT2D eigenvalue weighted by Gasteiger charge is -2.10. The summed E-state index contributed by atoms with van der Waals surface area (Å²) in [6, 6.07) is 7.50. The average molecular weight is 598 g/mol. The molecule has 0 N–H and O–H groups in total. The number of aryl methyl sites for hydroxylation is 1. The molecule has 174 valence electrons. The van der Waals surface area contributed by atoms with Crippen molar-refractivity contribution < 1.29 is 73.1 Å². The highest BCUT2D eigenvalue weighted by molar-refractivity contribution is 7.87. The molecule has 1 aromatic rings. The minimum atomic E-state index is -6.09. The van der Waals surface area contributed by atoms with Crippen molar-refractivity contribution in [2.24, 2.45) is 0 Å². The fraction of sp³-hybridized carbons (Fsp3) is 0.467. The van der Waals surface area contributed by atoms with Gasteiger partial charge in [-0.05, 0) is 19.4 Å². The molecule has 0 spiro atoms. The van der Waals surface area contributed by atoms with Gasteiger partial charge in [0, 0.05) is 12.0 Å². The summed E-state index contributed by atoms with van der Waals surface area (Å²) in [6.45, 7) is 3.77. The fourth-order valence-corrected chi connectivity index (χ4v) is 4.33. The normalized spacial score (nSPS) is 13.4. The van der Waals surface area contributed by atoms with Crippen molar-refractivity contribution in [2.75, 3.05) is 0 Å². The average Bonchev–Trinajstić information content (AvgIpc) is 2.56. The zero-order valence-corrected chi connectivity index (χ0v) is 19.2. The van der Waals surface area contributed by atoms with Crippen molar-refractivity contribution in [2.45, 2.75) is 44.1 Å². The predicted octanol–water partition coefficient (Wildman–Crippen LogP) is 1.20. The number of hydrogen-bond acceptors (Lipinski definition) is 6. The van der Waals surface area contributed by atoms with Gasteiger partial charge in [-0.1, -0.05) is 31.5 Å². The summed E-state index contributed by atoms with van der Waals surface area (Å²) < 4.78 is 125. The lowest BCUT2D eigenvalue weighted by Crippen LogP contribution is -3.59. The first-order chi connectivity index (χ1) is 13.4. The smallest absolute Gasteiger partial charge is 0.534 e. The van der Waals surface area contributed by atoms with Gasteiger partial charge in [0.05, 0.1) is 0 Å². The second-order valence-electron chi connectivity index (χ2n) is 5.42. The van der Waals surface area contributed by atoms with Gasteiger partial charge in [-0.2, -0.15) is 34.8 Å². The molecule has 0 radical (unpaired) electrons. The molecule has 1 rings (SSSR count). The van der Waals surface area contributed by atoms with Crippen LogP contribution in [-0.4, -0.2) is 32.4 Å². The van der Waals surface area contributed by atoms with Crippen molar-refractivity contribution in [3.63, 3.8) is 0 Å². The zero-order valence-electron chi connectivity index (χ0n) is 15.4. The molecule has 0 aromatic heterocycles. The number of allylic oxidation sites excluding steroid dienone is 1. The number of rotatable bonds is 7. The van der Waals surface area contributed by atoms with Gasteiger partial charge in [0.15, 0.2) is 23.5 Å². The van der Waals surface area contributed by atoms with Gasteiger partial charge >= 0.3 is 42.3 Å². The maximum absolute atomic E-state index is 12.4. The third-order valence-electron chi connectivity index (χ3n) is 2.93. The van der Waals surface area contributed by atoms with Crippen LogP contribution in [0, 0.1) is 10.5 Å². The minimum Gasteiger partial charge on any atom is -0.741 e. The predicted molar refractivity (Wildman–Crippen MR) is 89.3 cm³/mol. The third-order valence-corrected chi connectivity index (χ3v) is 7.39. The number of hydrogen-bond donors (Lipinski definition) is 0. The number of alkyl halides is 6. The van der Waals surface area contributed by atoms with Crippen molar-refractivity contribution in [1.82, 2.24) is 0 Å². The van der Waals surface area contributed by atoms with E-state index in [1.165, 1.54) is 4.08 Å². The van der Waals surface area contributed by atoms with Crippen LogP contribution in [-0.2, 0) is 24.4 Å². The zero-order chi connectivity index (χ0) is 23.8. The lowest BCUT2D eigenvalue weighted by atomic mass is 10.2. The molecule has 0 aliphatic rings. The maximum Gasteiger partial charge on any atom is 0.534 e. The van der Waals surface area contributed by atoms with Gasteiger partial charge in [-0.15, -0.1) is 0 Å². The first kappa shape index (κ1) is 28.9. The summed E-state index contributed by atoms with van der Waals surface area (Å²) >= 11 is -0.763. The monoisotopic (exact) mass is 598 g/mol. The van der Waals surface area contributed by atoms with E-state index >= 15 is 0 Å². The molecular weight excluding hydrogens is 581 g/mol. The molecule has 0 aliphatic heterocycles.